The predicted octanol–water partition coefficient (Wildman–Crippen LogP) is 5.64. The lowest BCUT2D eigenvalue weighted by atomic mass is 9.90. The number of unbranched alkanes of at least 4 members (excludes halogenated alkanes) is 1. The Hall–Kier alpha value is -3.48. The Morgan fingerprint density at radius 1 is 0.976 bits per heavy atom. The molecule has 0 spiro atoms. The van der Waals surface area contributed by atoms with E-state index in [0.717, 1.165) is 16.7 Å². The first-order valence-electron chi connectivity index (χ1n) is 13.0. The van der Waals surface area contributed by atoms with Crippen molar-refractivity contribution >= 4 is 17.6 Å². The lowest BCUT2D eigenvalue weighted by Gasteiger charge is -2.33. The summed E-state index contributed by atoms with van der Waals surface area (Å²) in [5, 5.41) is 12.5. The molecule has 0 radical (unpaired) electrons. The topological polar surface area (TPSA) is 82.1 Å². The fourth-order valence-electron chi connectivity index (χ4n) is 4.64. The highest BCUT2D eigenvalue weighted by atomic mass is 19.4. The number of carbonyl (C=O) groups excluding carboxylic acids is 2. The fourth-order valence-corrected chi connectivity index (χ4v) is 4.64. The molecule has 3 rings (SSSR count). The minimum Gasteiger partial charge on any atom is -0.493 e. The number of carbonyl (C=O) groups is 2. The largest absolute Gasteiger partial charge is 0.493 e. The van der Waals surface area contributed by atoms with Gasteiger partial charge in [-0.2, -0.15) is 26.3 Å². The van der Waals surface area contributed by atoms with Gasteiger partial charge in [0.1, 0.15) is 11.3 Å². The fraction of sp³-hybridized carbons (Fsp3) is 0.500. The van der Waals surface area contributed by atoms with Gasteiger partial charge < -0.3 is 20.1 Å². The van der Waals surface area contributed by atoms with Gasteiger partial charge in [0.25, 0.3) is 11.5 Å². The molecule has 1 fully saturated rings. The Morgan fingerprint density at radius 3 is 2.12 bits per heavy atom. The molecule has 13 heteroatoms. The van der Waals surface area contributed by atoms with E-state index >= 15 is 0 Å². The van der Waals surface area contributed by atoms with E-state index in [-0.39, 0.29) is 30.9 Å². The van der Waals surface area contributed by atoms with Crippen molar-refractivity contribution in [1.29, 1.82) is 0 Å². The van der Waals surface area contributed by atoms with Gasteiger partial charge in [-0.05, 0) is 61.6 Å². The normalized spacial score (nSPS) is 18.1. The average molecular weight is 590 g/mol. The summed E-state index contributed by atoms with van der Waals surface area (Å²) in [6.07, 6.45) is -10.8. The van der Waals surface area contributed by atoms with Crippen LogP contribution >= 0.6 is 0 Å². The minimum atomic E-state index is -5.98. The number of anilines is 1. The number of halogens is 6. The van der Waals surface area contributed by atoms with Crippen LogP contribution in [0, 0.1) is 0 Å². The predicted molar refractivity (Wildman–Crippen MR) is 140 cm³/mol. The van der Waals surface area contributed by atoms with Crippen LogP contribution in [0.3, 0.4) is 0 Å². The number of imide groups is 1. The van der Waals surface area contributed by atoms with E-state index in [1.54, 1.807) is 26.0 Å². The molecular formula is C28H33F6N3O4. The number of urea groups is 1. The number of nitrogens with zero attached hydrogens (tertiary/aromatic N) is 2. The van der Waals surface area contributed by atoms with Crippen molar-refractivity contribution in [3.05, 3.63) is 59.2 Å². The van der Waals surface area contributed by atoms with Crippen molar-refractivity contribution < 1.29 is 45.8 Å². The second-order valence-electron chi connectivity index (χ2n) is 10.3. The van der Waals surface area contributed by atoms with Crippen molar-refractivity contribution in [2.45, 2.75) is 63.0 Å². The molecule has 1 atom stereocenters. The van der Waals surface area contributed by atoms with Crippen LogP contribution in [0.2, 0.25) is 0 Å². The monoisotopic (exact) mass is 589 g/mol. The molecule has 3 amide bonds. The van der Waals surface area contributed by atoms with Crippen molar-refractivity contribution in [2.75, 3.05) is 32.1 Å². The summed E-state index contributed by atoms with van der Waals surface area (Å²) in [5.41, 5.74) is -5.95. The molecule has 0 aliphatic carbocycles. The smallest absolute Gasteiger partial charge is 0.430 e. The lowest BCUT2D eigenvalue weighted by molar-refractivity contribution is -0.376. The molecule has 7 nitrogen and oxygen atoms in total. The molecule has 1 aliphatic rings. The number of rotatable bonds is 11. The Kier molecular flexibility index (Phi) is 9.21. The molecule has 0 bridgehead atoms. The maximum Gasteiger partial charge on any atom is 0.430 e. The maximum atomic E-state index is 13.3. The molecule has 2 aromatic carbocycles. The number of amides is 3. The van der Waals surface area contributed by atoms with Gasteiger partial charge in [-0.15, -0.1) is 0 Å². The van der Waals surface area contributed by atoms with Crippen LogP contribution in [0.25, 0.3) is 0 Å². The highest BCUT2D eigenvalue weighted by Gasteiger charge is 2.71. The maximum absolute atomic E-state index is 13.3. The van der Waals surface area contributed by atoms with E-state index in [1.807, 2.05) is 31.1 Å². The first kappa shape index (κ1) is 32.0. The molecule has 226 valence electrons. The molecule has 2 N–H and O–H groups in total. The van der Waals surface area contributed by atoms with E-state index in [4.69, 9.17) is 4.74 Å². The zero-order valence-electron chi connectivity index (χ0n) is 23.1. The third kappa shape index (κ3) is 6.24. The SMILES string of the molecule is CCCc1cc(C(O)(C(F)(F)F)C(F)(F)F)ccc1OCCCCN1C(=O)NC(C)(c2ccc(N(C)C)cc2)C1=O. The van der Waals surface area contributed by atoms with Gasteiger partial charge in [0.15, 0.2) is 0 Å². The summed E-state index contributed by atoms with van der Waals surface area (Å²) in [6.45, 7) is 3.44. The Morgan fingerprint density at radius 2 is 1.59 bits per heavy atom. The number of hydrogen-bond donors (Lipinski definition) is 2. The number of hydrogen-bond acceptors (Lipinski definition) is 5. The van der Waals surface area contributed by atoms with Gasteiger partial charge in [0, 0.05) is 31.9 Å². The minimum absolute atomic E-state index is 0.0335. The van der Waals surface area contributed by atoms with E-state index in [2.05, 4.69) is 5.32 Å². The van der Waals surface area contributed by atoms with Crippen LogP contribution < -0.4 is 15.0 Å². The van der Waals surface area contributed by atoms with Crippen LogP contribution in [0.5, 0.6) is 5.75 Å². The summed E-state index contributed by atoms with van der Waals surface area (Å²) in [6, 6.07) is 8.87. The van der Waals surface area contributed by atoms with E-state index in [1.165, 1.54) is 0 Å². The molecule has 1 heterocycles. The van der Waals surface area contributed by atoms with Gasteiger partial charge in [0.05, 0.1) is 6.61 Å². The Balaban J connectivity index is 1.63. The highest BCUT2D eigenvalue weighted by Crippen LogP contribution is 2.50. The molecule has 1 aliphatic heterocycles. The average Bonchev–Trinajstić information content (AvgIpc) is 3.11. The number of aryl methyl sites for hydroxylation is 1. The van der Waals surface area contributed by atoms with Crippen LogP contribution in [0.15, 0.2) is 42.5 Å². The first-order valence-corrected chi connectivity index (χ1v) is 13.0. The van der Waals surface area contributed by atoms with Crippen LogP contribution in [-0.2, 0) is 22.4 Å². The van der Waals surface area contributed by atoms with Crippen LogP contribution in [0.4, 0.5) is 36.8 Å². The van der Waals surface area contributed by atoms with Crippen molar-refractivity contribution in [1.82, 2.24) is 10.2 Å². The quantitative estimate of drug-likeness (QED) is 0.201. The number of aliphatic hydroxyl groups is 1. The van der Waals surface area contributed by atoms with E-state index in [9.17, 15) is 41.0 Å². The molecular weight excluding hydrogens is 556 g/mol. The van der Waals surface area contributed by atoms with E-state index < -0.39 is 41.0 Å². The second-order valence-corrected chi connectivity index (χ2v) is 10.3. The third-order valence-electron chi connectivity index (χ3n) is 7.09. The van der Waals surface area contributed by atoms with Crippen LogP contribution in [-0.4, -0.2) is 61.5 Å². The zero-order chi connectivity index (χ0) is 30.8. The number of alkyl halides is 6. The number of nitrogens with one attached hydrogen (secondary N) is 1. The summed E-state index contributed by atoms with van der Waals surface area (Å²) in [4.78, 5) is 28.7. The molecule has 1 unspecified atom stereocenters. The second kappa shape index (κ2) is 11.8. The van der Waals surface area contributed by atoms with Crippen molar-refractivity contribution in [2.24, 2.45) is 0 Å². The van der Waals surface area contributed by atoms with Gasteiger partial charge in [0.2, 0.25) is 0 Å². The summed E-state index contributed by atoms with van der Waals surface area (Å²) in [5.74, 6) is -0.324. The van der Waals surface area contributed by atoms with Crippen molar-refractivity contribution in [3.63, 3.8) is 0 Å². The molecule has 0 aromatic heterocycles. The summed E-state index contributed by atoms with van der Waals surface area (Å²) in [7, 11) is 3.76. The Bertz CT molecular complexity index is 1230. The van der Waals surface area contributed by atoms with Crippen LogP contribution in [0.1, 0.15) is 49.8 Å². The van der Waals surface area contributed by atoms with Gasteiger partial charge in [-0.1, -0.05) is 31.5 Å². The first-order chi connectivity index (χ1) is 19.0. The molecule has 0 saturated carbocycles. The lowest BCUT2D eigenvalue weighted by Crippen LogP contribution is -2.53. The third-order valence-corrected chi connectivity index (χ3v) is 7.09. The van der Waals surface area contributed by atoms with Gasteiger partial charge >= 0.3 is 18.4 Å². The highest BCUT2D eigenvalue weighted by molar-refractivity contribution is 6.07. The number of ether oxygens (including phenoxy) is 1. The number of benzene rings is 2. The molecule has 2 aromatic rings. The van der Waals surface area contributed by atoms with E-state index in [0.29, 0.717) is 37.0 Å². The summed E-state index contributed by atoms with van der Waals surface area (Å²) >= 11 is 0. The van der Waals surface area contributed by atoms with Gasteiger partial charge in [-0.3, -0.25) is 9.69 Å². The molecule has 41 heavy (non-hydrogen) atoms. The Labute approximate surface area is 234 Å². The summed E-state index contributed by atoms with van der Waals surface area (Å²) < 4.78 is 85.5. The van der Waals surface area contributed by atoms with Gasteiger partial charge in [-0.25, -0.2) is 4.79 Å². The molecule has 1 saturated heterocycles. The standard InChI is InChI=1S/C28H33F6N3O4/c1-5-8-18-17-20(26(40,27(29,30)31)28(32,33)34)11-14-22(18)41-16-7-6-15-37-23(38)25(2,35-24(37)39)19-9-12-21(13-10-19)36(3)4/h9-14,17,40H,5-8,15-16H2,1-4H3,(H,35,39). The zero-order valence-corrected chi connectivity index (χ0v) is 23.1. The van der Waals surface area contributed by atoms with Crippen molar-refractivity contribution in [3.8, 4) is 5.75 Å².